The number of ketones is 1. The number of hydrogen-bond acceptors (Lipinski definition) is 5. The molecule has 2 atom stereocenters. The molecule has 0 saturated heterocycles. The molecule has 1 aliphatic carbocycles. The number of fused-ring (bicyclic) bond motifs is 1. The van der Waals surface area contributed by atoms with E-state index in [1.54, 1.807) is 6.20 Å². The second-order valence-electron chi connectivity index (χ2n) is 8.53. The van der Waals surface area contributed by atoms with E-state index < -0.39 is 0 Å². The van der Waals surface area contributed by atoms with Crippen LogP contribution < -0.4 is 5.32 Å². The van der Waals surface area contributed by atoms with Crippen molar-refractivity contribution in [3.63, 3.8) is 0 Å². The third-order valence-corrected chi connectivity index (χ3v) is 6.63. The molecular formula is C23H26ClN5O2. The number of nitriles is 1. The molecule has 0 bridgehead atoms. The Balaban J connectivity index is 1.45. The minimum Gasteiger partial charge on any atom is -0.310 e. The van der Waals surface area contributed by atoms with Gasteiger partial charge in [-0.2, -0.15) is 10.4 Å². The van der Waals surface area contributed by atoms with Crippen LogP contribution in [0.5, 0.6) is 0 Å². The van der Waals surface area contributed by atoms with Crippen molar-refractivity contribution in [3.8, 4) is 17.2 Å². The minimum absolute atomic E-state index is 0.0397. The van der Waals surface area contributed by atoms with Crippen LogP contribution in [0.3, 0.4) is 0 Å². The molecule has 0 spiro atoms. The second kappa shape index (κ2) is 9.61. The van der Waals surface area contributed by atoms with Crippen LogP contribution in [0.4, 0.5) is 5.82 Å². The normalized spacial score (nSPS) is 20.5. The number of aryl methyl sites for hydroxylation is 1. The summed E-state index contributed by atoms with van der Waals surface area (Å²) in [5.41, 5.74) is 3.00. The van der Waals surface area contributed by atoms with Crippen molar-refractivity contribution < 1.29 is 9.59 Å². The number of carbonyl (C=O) groups excluding carboxylic acids is 2. The Kier molecular flexibility index (Phi) is 6.67. The first-order chi connectivity index (χ1) is 15.0. The van der Waals surface area contributed by atoms with Gasteiger partial charge < -0.3 is 5.32 Å². The molecule has 2 aromatic heterocycles. The number of hydrogen-bond donors (Lipinski definition) is 1. The molecule has 8 heteroatoms. The second-order valence-corrected chi connectivity index (χ2v) is 8.94. The molecule has 1 amide bonds. The molecule has 0 aromatic carbocycles. The Labute approximate surface area is 186 Å². The van der Waals surface area contributed by atoms with Gasteiger partial charge in [-0.25, -0.2) is 4.98 Å². The average Bonchev–Trinajstić information content (AvgIpc) is 3.19. The van der Waals surface area contributed by atoms with E-state index in [0.717, 1.165) is 56.2 Å². The van der Waals surface area contributed by atoms with E-state index in [0.29, 0.717) is 23.7 Å². The standard InChI is InChI=1S/C23H26ClN5O2/c24-20-14-26-22(12-18(20)19-13-27-29-9-2-1-6-21(19)29)28-23(31)16-5-3-4-15(10-16)11-17(30)7-8-25/h12-16H,1-7,9-11H2,(H,26,28,31)/t15-,16+/m1/s1. The van der Waals surface area contributed by atoms with E-state index in [-0.39, 0.29) is 29.9 Å². The smallest absolute Gasteiger partial charge is 0.228 e. The fourth-order valence-electron chi connectivity index (χ4n) is 4.78. The van der Waals surface area contributed by atoms with Crippen molar-refractivity contribution >= 4 is 29.1 Å². The quantitative estimate of drug-likeness (QED) is 0.711. The zero-order chi connectivity index (χ0) is 21.8. The lowest BCUT2D eigenvalue weighted by atomic mass is 9.78. The summed E-state index contributed by atoms with van der Waals surface area (Å²) in [4.78, 5) is 29.0. The van der Waals surface area contributed by atoms with Crippen molar-refractivity contribution in [2.24, 2.45) is 11.8 Å². The van der Waals surface area contributed by atoms with Gasteiger partial charge in [0.15, 0.2) is 0 Å². The SMILES string of the molecule is N#CCC(=O)C[C@@H]1CCC[C@H](C(=O)Nc2cc(-c3cnn4c3CCCC4)c(Cl)cn2)C1. The summed E-state index contributed by atoms with van der Waals surface area (Å²) in [6.45, 7) is 0.918. The van der Waals surface area contributed by atoms with Crippen LogP contribution in [-0.4, -0.2) is 26.5 Å². The average molecular weight is 440 g/mol. The Morgan fingerprint density at radius 3 is 2.94 bits per heavy atom. The largest absolute Gasteiger partial charge is 0.310 e. The van der Waals surface area contributed by atoms with Gasteiger partial charge in [0, 0.05) is 41.9 Å². The number of pyridine rings is 1. The molecule has 7 nitrogen and oxygen atoms in total. The molecule has 31 heavy (non-hydrogen) atoms. The Morgan fingerprint density at radius 1 is 1.23 bits per heavy atom. The summed E-state index contributed by atoms with van der Waals surface area (Å²) in [5, 5.41) is 16.7. The lowest BCUT2D eigenvalue weighted by Crippen LogP contribution is -2.29. The molecule has 2 aromatic rings. The van der Waals surface area contributed by atoms with Crippen LogP contribution in [0, 0.1) is 23.2 Å². The maximum atomic E-state index is 12.9. The summed E-state index contributed by atoms with van der Waals surface area (Å²) >= 11 is 6.44. The summed E-state index contributed by atoms with van der Waals surface area (Å²) in [7, 11) is 0. The molecule has 1 saturated carbocycles. The summed E-state index contributed by atoms with van der Waals surface area (Å²) < 4.78 is 2.03. The predicted molar refractivity (Wildman–Crippen MR) is 117 cm³/mol. The van der Waals surface area contributed by atoms with Crippen LogP contribution in [0.1, 0.15) is 57.1 Å². The molecule has 0 unspecified atom stereocenters. The van der Waals surface area contributed by atoms with Crippen molar-refractivity contribution in [1.29, 1.82) is 5.26 Å². The number of nitrogens with one attached hydrogen (secondary N) is 1. The topological polar surface area (TPSA) is 101 Å². The van der Waals surface area contributed by atoms with E-state index in [1.165, 1.54) is 5.69 Å². The van der Waals surface area contributed by atoms with Crippen LogP contribution in [0.15, 0.2) is 18.5 Å². The fourth-order valence-corrected chi connectivity index (χ4v) is 4.99. The van der Waals surface area contributed by atoms with E-state index in [9.17, 15) is 9.59 Å². The highest BCUT2D eigenvalue weighted by Crippen LogP contribution is 2.35. The zero-order valence-electron chi connectivity index (χ0n) is 17.4. The van der Waals surface area contributed by atoms with Gasteiger partial charge in [-0.15, -0.1) is 0 Å². The Hall–Kier alpha value is -2.72. The molecule has 1 fully saturated rings. The van der Waals surface area contributed by atoms with Gasteiger partial charge in [0.1, 0.15) is 11.6 Å². The van der Waals surface area contributed by atoms with Gasteiger partial charge in [0.2, 0.25) is 5.91 Å². The number of carbonyl (C=O) groups is 2. The fraction of sp³-hybridized carbons (Fsp3) is 0.522. The Bertz CT molecular complexity index is 1030. The lowest BCUT2D eigenvalue weighted by molar-refractivity contribution is -0.123. The summed E-state index contributed by atoms with van der Waals surface area (Å²) in [5.74, 6) is 0.372. The van der Waals surface area contributed by atoms with Gasteiger partial charge >= 0.3 is 0 Å². The van der Waals surface area contributed by atoms with Gasteiger partial charge in [0.05, 0.1) is 23.7 Å². The first-order valence-electron chi connectivity index (χ1n) is 10.9. The van der Waals surface area contributed by atoms with Gasteiger partial charge in [-0.3, -0.25) is 14.3 Å². The molecule has 1 aliphatic heterocycles. The highest BCUT2D eigenvalue weighted by Gasteiger charge is 2.29. The highest BCUT2D eigenvalue weighted by molar-refractivity contribution is 6.33. The van der Waals surface area contributed by atoms with Crippen molar-refractivity contribution in [3.05, 3.63) is 29.2 Å². The molecule has 0 radical (unpaired) electrons. The monoisotopic (exact) mass is 439 g/mol. The molecule has 2 aliphatic rings. The lowest BCUT2D eigenvalue weighted by Gasteiger charge is -2.27. The number of aromatic nitrogens is 3. The summed E-state index contributed by atoms with van der Waals surface area (Å²) in [6.07, 6.45) is 10.3. The maximum absolute atomic E-state index is 12.9. The first-order valence-corrected chi connectivity index (χ1v) is 11.3. The van der Waals surface area contributed by atoms with Crippen LogP contribution in [0.2, 0.25) is 5.02 Å². The number of Topliss-reactive ketones (excluding diaryl/α,β-unsaturated/α-hetero) is 1. The Morgan fingerprint density at radius 2 is 2.10 bits per heavy atom. The van der Waals surface area contributed by atoms with Crippen molar-refractivity contribution in [1.82, 2.24) is 14.8 Å². The van der Waals surface area contributed by atoms with Crippen molar-refractivity contribution in [2.75, 3.05) is 5.32 Å². The molecule has 3 heterocycles. The molecular weight excluding hydrogens is 414 g/mol. The third kappa shape index (κ3) is 4.96. The number of halogens is 1. The molecule has 4 rings (SSSR count). The van der Waals surface area contributed by atoms with Crippen LogP contribution in [-0.2, 0) is 22.6 Å². The van der Waals surface area contributed by atoms with E-state index in [4.69, 9.17) is 16.9 Å². The highest BCUT2D eigenvalue weighted by atomic mass is 35.5. The maximum Gasteiger partial charge on any atom is 0.228 e. The van der Waals surface area contributed by atoms with E-state index >= 15 is 0 Å². The minimum atomic E-state index is -0.154. The zero-order valence-corrected chi connectivity index (χ0v) is 18.2. The molecule has 1 N–H and O–H groups in total. The summed E-state index contributed by atoms with van der Waals surface area (Å²) in [6, 6.07) is 3.73. The van der Waals surface area contributed by atoms with E-state index in [2.05, 4.69) is 15.4 Å². The van der Waals surface area contributed by atoms with Crippen molar-refractivity contribution in [2.45, 2.75) is 64.3 Å². The van der Waals surface area contributed by atoms with Gasteiger partial charge in [-0.1, -0.05) is 18.0 Å². The predicted octanol–water partition coefficient (Wildman–Crippen LogP) is 4.55. The number of nitrogens with zero attached hydrogens (tertiary/aromatic N) is 4. The van der Waals surface area contributed by atoms with Crippen LogP contribution in [0.25, 0.3) is 11.1 Å². The number of rotatable bonds is 6. The number of amides is 1. The molecule has 162 valence electrons. The third-order valence-electron chi connectivity index (χ3n) is 6.33. The number of anilines is 1. The van der Waals surface area contributed by atoms with Gasteiger partial charge in [-0.05, 0) is 50.5 Å². The van der Waals surface area contributed by atoms with Crippen LogP contribution >= 0.6 is 11.6 Å². The first kappa shape index (κ1) is 21.5. The van der Waals surface area contributed by atoms with Gasteiger partial charge in [0.25, 0.3) is 0 Å². The van der Waals surface area contributed by atoms with E-state index in [1.807, 2.05) is 23.0 Å².